The number of hydrogen-bond acceptors (Lipinski definition) is 5. The van der Waals surface area contributed by atoms with Crippen molar-refractivity contribution >= 4 is 16.9 Å². The van der Waals surface area contributed by atoms with E-state index in [1.165, 1.54) is 24.7 Å². The molecule has 2 heterocycles. The highest BCUT2D eigenvalue weighted by Gasteiger charge is 2.31. The lowest BCUT2D eigenvalue weighted by atomic mass is 10.1. The Bertz CT molecular complexity index is 1240. The summed E-state index contributed by atoms with van der Waals surface area (Å²) in [7, 11) is 0. The maximum atomic E-state index is 12.3. The summed E-state index contributed by atoms with van der Waals surface area (Å²) in [6.07, 6.45) is -1.88. The number of aromatic nitrogens is 3. The summed E-state index contributed by atoms with van der Waals surface area (Å²) in [5.41, 5.74) is 1.70. The van der Waals surface area contributed by atoms with E-state index in [2.05, 4.69) is 14.7 Å². The molecule has 0 aliphatic rings. The van der Waals surface area contributed by atoms with E-state index < -0.39 is 12.3 Å². The first-order valence-corrected chi connectivity index (χ1v) is 9.43. The second-order valence-corrected chi connectivity index (χ2v) is 6.66. The maximum Gasteiger partial charge on any atom is 0.573 e. The number of fused-ring (bicyclic) bond motifs is 1. The molecule has 2 aromatic heterocycles. The predicted molar refractivity (Wildman–Crippen MR) is 109 cm³/mol. The normalized spacial score (nSPS) is 11.5. The first-order chi connectivity index (χ1) is 15.3. The Hall–Kier alpha value is -4.08. The molecule has 0 radical (unpaired) electrons. The lowest BCUT2D eigenvalue weighted by Gasteiger charge is -2.12. The number of hydrogen-bond donors (Lipinski definition) is 1. The van der Waals surface area contributed by atoms with Gasteiger partial charge >= 0.3 is 12.3 Å². The fourth-order valence-electron chi connectivity index (χ4n) is 3.45. The molecule has 0 saturated carbocycles. The molecule has 0 aliphatic carbocycles. The average molecular weight is 443 g/mol. The zero-order valence-electron chi connectivity index (χ0n) is 16.4. The molecule has 7 nitrogen and oxygen atoms in total. The number of rotatable bonds is 7. The van der Waals surface area contributed by atoms with Crippen molar-refractivity contribution in [3.05, 3.63) is 72.8 Å². The quantitative estimate of drug-likeness (QED) is 0.443. The van der Waals surface area contributed by atoms with Crippen molar-refractivity contribution in [1.29, 1.82) is 0 Å². The number of ether oxygens (including phenoxy) is 2. The number of carboxylic acids is 1. The fourth-order valence-corrected chi connectivity index (χ4v) is 3.45. The second-order valence-electron chi connectivity index (χ2n) is 6.66. The van der Waals surface area contributed by atoms with E-state index in [1.807, 2.05) is 12.1 Å². The van der Waals surface area contributed by atoms with E-state index in [4.69, 9.17) is 4.74 Å². The molecule has 10 heteroatoms. The lowest BCUT2D eigenvalue weighted by molar-refractivity contribution is -0.274. The summed E-state index contributed by atoms with van der Waals surface area (Å²) < 4.78 is 47.9. The molecule has 0 unspecified atom stereocenters. The molecular formula is C22H16F3N3O4. The van der Waals surface area contributed by atoms with Gasteiger partial charge in [-0.15, -0.1) is 13.2 Å². The number of nitrogens with zero attached hydrogens (tertiary/aromatic N) is 3. The van der Waals surface area contributed by atoms with E-state index in [0.717, 1.165) is 17.5 Å². The number of alkyl halides is 3. The Kier molecular flexibility index (Phi) is 5.67. The first kappa shape index (κ1) is 21.2. The Morgan fingerprint density at radius 1 is 1.03 bits per heavy atom. The lowest BCUT2D eigenvalue weighted by Crippen LogP contribution is -2.17. The van der Waals surface area contributed by atoms with Crippen molar-refractivity contribution in [2.24, 2.45) is 0 Å². The van der Waals surface area contributed by atoms with Crippen molar-refractivity contribution in [3.8, 4) is 22.8 Å². The summed E-state index contributed by atoms with van der Waals surface area (Å²) in [5, 5.41) is 10.7. The fraction of sp³-hybridized carbons (Fsp3) is 0.136. The highest BCUT2D eigenvalue weighted by molar-refractivity contribution is 6.07. The monoisotopic (exact) mass is 443 g/mol. The van der Waals surface area contributed by atoms with Crippen LogP contribution in [0.15, 0.2) is 67.1 Å². The van der Waals surface area contributed by atoms with E-state index in [-0.39, 0.29) is 24.6 Å². The van der Waals surface area contributed by atoms with Crippen LogP contribution in [-0.4, -0.2) is 38.6 Å². The van der Waals surface area contributed by atoms with E-state index in [9.17, 15) is 23.1 Å². The average Bonchev–Trinajstić information content (AvgIpc) is 3.09. The van der Waals surface area contributed by atoms with Gasteiger partial charge in [-0.1, -0.05) is 18.2 Å². The topological polar surface area (TPSA) is 86.5 Å². The molecule has 1 N–H and O–H groups in total. The summed E-state index contributed by atoms with van der Waals surface area (Å²) in [6.45, 7) is 0.273. The van der Waals surface area contributed by atoms with E-state index >= 15 is 0 Å². The van der Waals surface area contributed by atoms with Gasteiger partial charge in [0.2, 0.25) is 0 Å². The van der Waals surface area contributed by atoms with E-state index in [0.29, 0.717) is 22.5 Å². The third-order valence-corrected chi connectivity index (χ3v) is 4.65. The summed E-state index contributed by atoms with van der Waals surface area (Å²) in [5.74, 6) is -1.16. The zero-order valence-corrected chi connectivity index (χ0v) is 16.4. The van der Waals surface area contributed by atoms with Crippen LogP contribution in [-0.2, 0) is 6.54 Å². The minimum Gasteiger partial charge on any atom is -0.492 e. The molecular weight excluding hydrogens is 427 g/mol. The Balaban J connectivity index is 1.60. The van der Waals surface area contributed by atoms with Crippen molar-refractivity contribution < 1.29 is 32.5 Å². The maximum absolute atomic E-state index is 12.3. The second kappa shape index (κ2) is 8.58. The molecule has 0 atom stereocenters. The van der Waals surface area contributed by atoms with Gasteiger partial charge in [-0.2, -0.15) is 0 Å². The molecule has 0 amide bonds. The molecule has 0 bridgehead atoms. The third kappa shape index (κ3) is 4.48. The van der Waals surface area contributed by atoms with Gasteiger partial charge in [0.15, 0.2) is 0 Å². The van der Waals surface area contributed by atoms with Crippen molar-refractivity contribution in [2.75, 3.05) is 6.61 Å². The minimum absolute atomic E-state index is 0.0578. The largest absolute Gasteiger partial charge is 0.573 e. The summed E-state index contributed by atoms with van der Waals surface area (Å²) >= 11 is 0. The molecule has 0 aliphatic heterocycles. The third-order valence-electron chi connectivity index (χ3n) is 4.65. The summed E-state index contributed by atoms with van der Waals surface area (Å²) in [6, 6.07) is 13.8. The van der Waals surface area contributed by atoms with Gasteiger partial charge in [-0.3, -0.25) is 0 Å². The molecule has 164 valence electrons. The molecule has 2 aromatic carbocycles. The molecule has 4 aromatic rings. The first-order valence-electron chi connectivity index (χ1n) is 9.43. The zero-order chi connectivity index (χ0) is 22.7. The molecule has 32 heavy (non-hydrogen) atoms. The van der Waals surface area contributed by atoms with Crippen LogP contribution >= 0.6 is 0 Å². The minimum atomic E-state index is -4.77. The van der Waals surface area contributed by atoms with Crippen LogP contribution in [0.2, 0.25) is 0 Å². The SMILES string of the molecule is O=C(O)c1c(-c2ccncn2)c2ccccc2n1CCOc1ccc(OC(F)(F)F)cc1. The van der Waals surface area contributed by atoms with Gasteiger partial charge in [-0.25, -0.2) is 14.8 Å². The van der Waals surface area contributed by atoms with Gasteiger partial charge in [0.25, 0.3) is 0 Å². The van der Waals surface area contributed by atoms with Gasteiger partial charge in [-0.05, 0) is 36.4 Å². The van der Waals surface area contributed by atoms with Gasteiger partial charge in [0.1, 0.15) is 30.1 Å². The Morgan fingerprint density at radius 2 is 1.75 bits per heavy atom. The number of benzene rings is 2. The highest BCUT2D eigenvalue weighted by Crippen LogP contribution is 2.34. The number of carboxylic acid groups (broad SMARTS) is 1. The van der Waals surface area contributed by atoms with Gasteiger partial charge < -0.3 is 19.1 Å². The van der Waals surface area contributed by atoms with Crippen LogP contribution in [0.1, 0.15) is 10.5 Å². The van der Waals surface area contributed by atoms with Crippen LogP contribution in [0.3, 0.4) is 0 Å². The highest BCUT2D eigenvalue weighted by atomic mass is 19.4. The van der Waals surface area contributed by atoms with Gasteiger partial charge in [0, 0.05) is 22.7 Å². The van der Waals surface area contributed by atoms with Crippen molar-refractivity contribution in [1.82, 2.24) is 14.5 Å². The molecule has 0 fully saturated rings. The Labute approximate surface area is 179 Å². The standard InChI is InChI=1S/C22H16F3N3O4/c23-22(24,25)32-15-7-5-14(6-8-15)31-12-11-28-18-4-2-1-3-16(18)19(20(28)21(29)30)17-9-10-26-13-27-17/h1-10,13H,11-12H2,(H,29,30). The number of halogens is 3. The predicted octanol–water partition coefficient (Wildman–Crippen LogP) is 4.77. The molecule has 0 spiro atoms. The number of carbonyl (C=O) groups is 1. The van der Waals surface area contributed by atoms with Crippen LogP contribution in [0.4, 0.5) is 13.2 Å². The smallest absolute Gasteiger partial charge is 0.492 e. The Morgan fingerprint density at radius 3 is 2.41 bits per heavy atom. The van der Waals surface area contributed by atoms with Crippen LogP contribution in [0.25, 0.3) is 22.2 Å². The number of para-hydroxylation sites is 1. The molecule has 4 rings (SSSR count). The van der Waals surface area contributed by atoms with E-state index in [1.54, 1.807) is 22.8 Å². The van der Waals surface area contributed by atoms with Gasteiger partial charge in [0.05, 0.1) is 12.2 Å². The number of aromatic carboxylic acids is 1. The summed E-state index contributed by atoms with van der Waals surface area (Å²) in [4.78, 5) is 20.2. The van der Waals surface area contributed by atoms with Crippen molar-refractivity contribution in [3.63, 3.8) is 0 Å². The van der Waals surface area contributed by atoms with Crippen LogP contribution in [0, 0.1) is 0 Å². The van der Waals surface area contributed by atoms with Crippen LogP contribution < -0.4 is 9.47 Å². The molecule has 0 saturated heterocycles. The van der Waals surface area contributed by atoms with Crippen LogP contribution in [0.5, 0.6) is 11.5 Å². The van der Waals surface area contributed by atoms with Crippen molar-refractivity contribution in [2.45, 2.75) is 12.9 Å².